The van der Waals surface area contributed by atoms with Gasteiger partial charge in [-0.25, -0.2) is 23.1 Å². The van der Waals surface area contributed by atoms with E-state index in [1.165, 1.54) is 49.4 Å². The van der Waals surface area contributed by atoms with Gasteiger partial charge in [0.25, 0.3) is 6.36 Å². The molecular formula is C32H25F4N5O3. The minimum absolute atomic E-state index is 0.0146. The van der Waals surface area contributed by atoms with E-state index in [4.69, 9.17) is 20.3 Å². The number of hydrogen-bond acceptors (Lipinski definition) is 8. The smallest absolute Gasteiger partial charge is 0.259 e. The first-order chi connectivity index (χ1) is 21.0. The summed E-state index contributed by atoms with van der Waals surface area (Å²) in [6, 6.07) is 11.8. The number of alkyl halides is 1. The molecule has 0 radical (unpaired) electrons. The molecule has 0 saturated carbocycles. The van der Waals surface area contributed by atoms with Gasteiger partial charge in [0, 0.05) is 5.56 Å². The van der Waals surface area contributed by atoms with Crippen molar-refractivity contribution in [3.8, 4) is 16.9 Å². The number of ether oxygens (including phenoxy) is 1. The molecule has 2 unspecified atom stereocenters. The van der Waals surface area contributed by atoms with E-state index >= 15 is 0 Å². The van der Waals surface area contributed by atoms with Gasteiger partial charge in [0.2, 0.25) is 5.43 Å². The maximum Gasteiger partial charge on any atom is 0.259 e. The van der Waals surface area contributed by atoms with Crippen LogP contribution in [0.5, 0.6) is 5.75 Å². The van der Waals surface area contributed by atoms with Gasteiger partial charge in [-0.15, -0.1) is 0 Å². The lowest BCUT2D eigenvalue weighted by Crippen LogP contribution is -2.19. The van der Waals surface area contributed by atoms with Gasteiger partial charge in [0.15, 0.2) is 11.6 Å². The van der Waals surface area contributed by atoms with Crippen LogP contribution in [-0.4, -0.2) is 22.0 Å². The fraction of sp³-hybridized carbons (Fsp3) is 0.125. The van der Waals surface area contributed by atoms with Crippen LogP contribution in [-0.2, 0) is 0 Å². The zero-order valence-corrected chi connectivity index (χ0v) is 23.4. The van der Waals surface area contributed by atoms with Crippen molar-refractivity contribution >= 4 is 28.3 Å². The minimum Gasteiger partial charge on any atom is -0.458 e. The second-order valence-electron chi connectivity index (χ2n) is 9.94. The number of nitrogens with one attached hydrogen (secondary N) is 2. The molecule has 12 heteroatoms. The molecule has 3 aromatic carbocycles. The molecule has 0 amide bonds. The van der Waals surface area contributed by atoms with E-state index < -0.39 is 35.3 Å². The zero-order valence-electron chi connectivity index (χ0n) is 23.4. The molecule has 0 saturated heterocycles. The predicted molar refractivity (Wildman–Crippen MR) is 159 cm³/mol. The molecule has 0 aliphatic rings. The summed E-state index contributed by atoms with van der Waals surface area (Å²) in [7, 11) is 0. The molecule has 0 bridgehead atoms. The van der Waals surface area contributed by atoms with Crippen molar-refractivity contribution in [3.05, 3.63) is 124 Å². The van der Waals surface area contributed by atoms with Crippen LogP contribution in [0.15, 0.2) is 88.4 Å². The van der Waals surface area contributed by atoms with Crippen molar-refractivity contribution in [2.45, 2.75) is 26.2 Å². The third-order valence-corrected chi connectivity index (χ3v) is 6.72. The number of halogens is 4. The van der Waals surface area contributed by atoms with Crippen LogP contribution in [0.2, 0.25) is 0 Å². The highest BCUT2D eigenvalue weighted by Crippen LogP contribution is 2.33. The summed E-state index contributed by atoms with van der Waals surface area (Å²) in [6.45, 7) is 6.43. The summed E-state index contributed by atoms with van der Waals surface area (Å²) in [5, 5.41) is 11.5. The van der Waals surface area contributed by atoms with E-state index in [2.05, 4.69) is 21.9 Å². The molecule has 5 rings (SSSR count). The third kappa shape index (κ3) is 5.74. The number of hydrogen-bond donors (Lipinski definition) is 3. The first-order valence-electron chi connectivity index (χ1n) is 13.2. The predicted octanol–water partition coefficient (Wildman–Crippen LogP) is 7.09. The fourth-order valence-corrected chi connectivity index (χ4v) is 4.57. The lowest BCUT2D eigenvalue weighted by atomic mass is 9.98. The largest absolute Gasteiger partial charge is 0.458 e. The van der Waals surface area contributed by atoms with E-state index in [0.717, 1.165) is 24.5 Å². The van der Waals surface area contributed by atoms with Crippen LogP contribution >= 0.6 is 0 Å². The summed E-state index contributed by atoms with van der Waals surface area (Å²) in [6.07, 6.45) is -0.786. The summed E-state index contributed by atoms with van der Waals surface area (Å²) in [5.41, 5.74) is 5.25. The normalized spacial score (nSPS) is 12.5. The molecular weight excluding hydrogens is 578 g/mol. The topological polar surface area (TPSA) is 127 Å². The first kappa shape index (κ1) is 30.0. The second-order valence-corrected chi connectivity index (χ2v) is 9.94. The molecule has 224 valence electrons. The first-order valence-corrected chi connectivity index (χ1v) is 13.2. The molecule has 0 fully saturated rings. The highest BCUT2D eigenvalue weighted by molar-refractivity contribution is 6.16. The average molecular weight is 604 g/mol. The third-order valence-electron chi connectivity index (χ3n) is 6.72. The second kappa shape index (κ2) is 12.0. The Kier molecular flexibility index (Phi) is 8.17. The molecule has 0 aliphatic heterocycles. The Hall–Kier alpha value is -5.52. The Labute approximate surface area is 248 Å². The monoisotopic (exact) mass is 603 g/mol. The molecule has 2 heterocycles. The average Bonchev–Trinajstić information content (AvgIpc) is 2.97. The Balaban J connectivity index is 1.56. The van der Waals surface area contributed by atoms with Crippen molar-refractivity contribution < 1.29 is 26.7 Å². The van der Waals surface area contributed by atoms with Gasteiger partial charge >= 0.3 is 0 Å². The molecule has 2 atom stereocenters. The highest BCUT2D eigenvalue weighted by Gasteiger charge is 2.26. The number of fused-ring (bicyclic) bond motifs is 1. The number of nitrogen functional groups attached to an aromatic ring is 1. The lowest BCUT2D eigenvalue weighted by molar-refractivity contribution is 0.0976. The number of nitrogens with two attached hydrogens (primary N) is 1. The van der Waals surface area contributed by atoms with E-state index in [1.54, 1.807) is 6.92 Å². The molecule has 0 spiro atoms. The van der Waals surface area contributed by atoms with E-state index in [0.29, 0.717) is 0 Å². The number of aromatic nitrogens is 2. The van der Waals surface area contributed by atoms with Crippen molar-refractivity contribution in [3.63, 3.8) is 0 Å². The van der Waals surface area contributed by atoms with Crippen molar-refractivity contribution in [2.24, 2.45) is 0 Å². The van der Waals surface area contributed by atoms with Crippen molar-refractivity contribution in [1.29, 1.82) is 5.41 Å². The van der Waals surface area contributed by atoms with Gasteiger partial charge in [0.05, 0.1) is 22.9 Å². The van der Waals surface area contributed by atoms with Gasteiger partial charge in [-0.3, -0.25) is 10.2 Å². The molecule has 2 aromatic heterocycles. The van der Waals surface area contributed by atoms with E-state index in [1.807, 2.05) is 0 Å². The standard InChI is InChI=1S/C32H25F4N5O3/c1-15(2)30(36)44-22-11-10-18(13-21(22)35)27(37)26-31(38)39-14-40-32(26)41-16(3)29-24(17-6-4-7-19(33)12-17)28(42)25-20(34)8-5-9-23(25)43-29/h4-14,16,30,37H,1H2,2-3H3,(H3,38,39,40,41). The summed E-state index contributed by atoms with van der Waals surface area (Å²) in [4.78, 5) is 21.8. The van der Waals surface area contributed by atoms with Crippen LogP contribution in [0.3, 0.4) is 0 Å². The van der Waals surface area contributed by atoms with E-state index in [-0.39, 0.29) is 67.7 Å². The van der Waals surface area contributed by atoms with Crippen molar-refractivity contribution in [2.75, 3.05) is 11.1 Å². The minimum atomic E-state index is -1.92. The van der Waals surface area contributed by atoms with Gasteiger partial charge in [0.1, 0.15) is 46.3 Å². The molecule has 8 nitrogen and oxygen atoms in total. The van der Waals surface area contributed by atoms with Gasteiger partial charge in [-0.1, -0.05) is 24.8 Å². The summed E-state index contributed by atoms with van der Waals surface area (Å²) in [5.74, 6) is -2.81. The van der Waals surface area contributed by atoms with Crippen LogP contribution in [0.4, 0.5) is 29.2 Å². The molecule has 5 aromatic rings. The Morgan fingerprint density at radius 2 is 1.82 bits per heavy atom. The van der Waals surface area contributed by atoms with Gasteiger partial charge in [-0.2, -0.15) is 4.39 Å². The lowest BCUT2D eigenvalue weighted by Gasteiger charge is -2.20. The van der Waals surface area contributed by atoms with Crippen LogP contribution < -0.4 is 21.2 Å². The maximum atomic E-state index is 14.8. The fourth-order valence-electron chi connectivity index (χ4n) is 4.57. The Bertz CT molecular complexity index is 2000. The summed E-state index contributed by atoms with van der Waals surface area (Å²) >= 11 is 0. The SMILES string of the molecule is C=C(C)C(F)Oc1ccc(C(=N)c2c(N)ncnc2NC(C)c2oc3cccc(F)c3c(=O)c2-c2cccc(F)c2)cc1F. The zero-order chi connectivity index (χ0) is 31.7. The number of anilines is 2. The van der Waals surface area contributed by atoms with Crippen LogP contribution in [0, 0.1) is 22.9 Å². The van der Waals surface area contributed by atoms with Crippen molar-refractivity contribution in [1.82, 2.24) is 9.97 Å². The highest BCUT2D eigenvalue weighted by atomic mass is 19.2. The molecule has 0 aliphatic carbocycles. The quantitative estimate of drug-likeness (QED) is 0.0933. The summed E-state index contributed by atoms with van der Waals surface area (Å²) < 4.78 is 68.7. The molecule has 4 N–H and O–H groups in total. The van der Waals surface area contributed by atoms with Crippen LogP contribution in [0.25, 0.3) is 22.1 Å². The van der Waals surface area contributed by atoms with Gasteiger partial charge in [-0.05, 0) is 67.4 Å². The number of rotatable bonds is 9. The van der Waals surface area contributed by atoms with Gasteiger partial charge < -0.3 is 20.2 Å². The number of benzene rings is 3. The van der Waals surface area contributed by atoms with E-state index in [9.17, 15) is 22.4 Å². The Morgan fingerprint density at radius 1 is 1.07 bits per heavy atom. The Morgan fingerprint density at radius 3 is 2.52 bits per heavy atom. The van der Waals surface area contributed by atoms with Crippen LogP contribution in [0.1, 0.15) is 36.8 Å². The maximum absolute atomic E-state index is 14.8. The molecule has 44 heavy (non-hydrogen) atoms. The number of nitrogens with zero attached hydrogens (tertiary/aromatic N) is 2.